The zero-order valence-electron chi connectivity index (χ0n) is 14.9. The van der Waals surface area contributed by atoms with Crippen molar-refractivity contribution in [3.63, 3.8) is 0 Å². The molecule has 9 heteroatoms. The first-order chi connectivity index (χ1) is 11.7. The number of benzene rings is 1. The second kappa shape index (κ2) is 8.11. The maximum atomic E-state index is 12.8. The van der Waals surface area contributed by atoms with Gasteiger partial charge >= 0.3 is 0 Å². The van der Waals surface area contributed by atoms with Gasteiger partial charge in [-0.2, -0.15) is 4.31 Å². The average molecular weight is 370 g/mol. The minimum absolute atomic E-state index is 0.0218. The molecule has 0 amide bonds. The molecule has 1 aliphatic heterocycles. The lowest BCUT2D eigenvalue weighted by molar-refractivity contribution is -0.384. The van der Waals surface area contributed by atoms with Gasteiger partial charge in [0.2, 0.25) is 10.0 Å². The molecule has 0 saturated carbocycles. The van der Waals surface area contributed by atoms with Crippen LogP contribution in [0.1, 0.15) is 19.8 Å². The van der Waals surface area contributed by atoms with Crippen LogP contribution in [0.15, 0.2) is 23.1 Å². The van der Waals surface area contributed by atoms with E-state index in [2.05, 4.69) is 5.32 Å². The number of hydrogen-bond donors (Lipinski definition) is 1. The van der Waals surface area contributed by atoms with Crippen molar-refractivity contribution in [1.29, 1.82) is 0 Å². The largest absolute Gasteiger partial charge is 0.378 e. The van der Waals surface area contributed by atoms with Gasteiger partial charge in [-0.1, -0.05) is 6.92 Å². The molecular weight excluding hydrogens is 344 g/mol. The summed E-state index contributed by atoms with van der Waals surface area (Å²) in [5, 5.41) is 14.4. The average Bonchev–Trinajstić information content (AvgIpc) is 2.54. The normalized spacial score (nSPS) is 19.1. The third kappa shape index (κ3) is 4.90. The monoisotopic (exact) mass is 370 g/mol. The molecule has 140 valence electrons. The summed E-state index contributed by atoms with van der Waals surface area (Å²) in [4.78, 5) is 12.8. The first-order valence-electron chi connectivity index (χ1n) is 8.39. The number of nitrogens with zero attached hydrogens (tertiary/aromatic N) is 3. The first kappa shape index (κ1) is 19.6. The number of likely N-dealkylation sites (N-methyl/N-ethyl adjacent to an activating group) is 1. The van der Waals surface area contributed by atoms with Crippen LogP contribution in [0.3, 0.4) is 0 Å². The smallest absolute Gasteiger partial charge is 0.293 e. The maximum absolute atomic E-state index is 12.8. The predicted molar refractivity (Wildman–Crippen MR) is 97.3 cm³/mol. The molecule has 1 aromatic rings. The summed E-state index contributed by atoms with van der Waals surface area (Å²) in [6.07, 6.45) is 1.81. The Hall–Kier alpha value is -1.71. The molecule has 1 fully saturated rings. The molecule has 0 spiro atoms. The number of sulfonamides is 1. The molecule has 0 bridgehead atoms. The number of rotatable bonds is 7. The van der Waals surface area contributed by atoms with Crippen LogP contribution >= 0.6 is 0 Å². The number of hydrogen-bond acceptors (Lipinski definition) is 6. The number of nitro benzene ring substituents is 1. The fourth-order valence-electron chi connectivity index (χ4n) is 2.90. The van der Waals surface area contributed by atoms with Crippen molar-refractivity contribution in [2.75, 3.05) is 45.6 Å². The molecule has 2 rings (SSSR count). The molecule has 0 aliphatic carbocycles. The Bertz CT molecular complexity index is 721. The van der Waals surface area contributed by atoms with E-state index in [1.807, 2.05) is 25.9 Å². The molecule has 0 radical (unpaired) electrons. The zero-order chi connectivity index (χ0) is 18.6. The van der Waals surface area contributed by atoms with Crippen LogP contribution in [0.5, 0.6) is 0 Å². The Morgan fingerprint density at radius 2 is 2.12 bits per heavy atom. The van der Waals surface area contributed by atoms with E-state index in [-0.39, 0.29) is 10.6 Å². The molecule has 1 heterocycles. The van der Waals surface area contributed by atoms with Crippen molar-refractivity contribution in [2.24, 2.45) is 5.92 Å². The zero-order valence-corrected chi connectivity index (χ0v) is 15.8. The lowest BCUT2D eigenvalue weighted by Crippen LogP contribution is -2.39. The van der Waals surface area contributed by atoms with Crippen molar-refractivity contribution in [3.05, 3.63) is 28.3 Å². The Balaban J connectivity index is 2.26. The minimum atomic E-state index is -3.71. The lowest BCUT2D eigenvalue weighted by atomic mass is 10.0. The standard InChI is InChI=1S/C16H26N4O4S/c1-13-5-4-9-19(12-13)25(23,24)14-6-7-15(16(11-14)20(21)22)17-8-10-18(2)3/h6-7,11,13,17H,4-5,8-10,12H2,1-3H3/t13-/m1/s1. The highest BCUT2D eigenvalue weighted by Gasteiger charge is 2.30. The van der Waals surface area contributed by atoms with Gasteiger partial charge in [0.25, 0.3) is 5.69 Å². The fourth-order valence-corrected chi connectivity index (χ4v) is 4.52. The van der Waals surface area contributed by atoms with Gasteiger partial charge in [-0.3, -0.25) is 10.1 Å². The van der Waals surface area contributed by atoms with E-state index < -0.39 is 14.9 Å². The van der Waals surface area contributed by atoms with E-state index in [1.54, 1.807) is 0 Å². The first-order valence-corrected chi connectivity index (χ1v) is 9.83. The molecule has 1 atom stereocenters. The van der Waals surface area contributed by atoms with Crippen LogP contribution in [0, 0.1) is 16.0 Å². The molecule has 1 aliphatic rings. The molecule has 8 nitrogen and oxygen atoms in total. The van der Waals surface area contributed by atoms with E-state index in [9.17, 15) is 18.5 Å². The quantitative estimate of drug-likeness (QED) is 0.582. The third-order valence-corrected chi connectivity index (χ3v) is 6.16. The van der Waals surface area contributed by atoms with Crippen LogP contribution < -0.4 is 5.32 Å². The molecule has 1 saturated heterocycles. The molecule has 0 unspecified atom stereocenters. The maximum Gasteiger partial charge on any atom is 0.293 e. The van der Waals surface area contributed by atoms with Crippen LogP contribution in [0.4, 0.5) is 11.4 Å². The van der Waals surface area contributed by atoms with Crippen molar-refractivity contribution in [1.82, 2.24) is 9.21 Å². The Morgan fingerprint density at radius 3 is 2.72 bits per heavy atom. The Morgan fingerprint density at radius 1 is 1.40 bits per heavy atom. The van der Waals surface area contributed by atoms with Crippen LogP contribution in [0.2, 0.25) is 0 Å². The summed E-state index contributed by atoms with van der Waals surface area (Å²) in [6.45, 7) is 4.18. The second-order valence-electron chi connectivity index (χ2n) is 6.78. The highest BCUT2D eigenvalue weighted by Crippen LogP contribution is 2.30. The summed E-state index contributed by atoms with van der Waals surface area (Å²) < 4.78 is 27.0. The molecule has 0 aromatic heterocycles. The fraction of sp³-hybridized carbons (Fsp3) is 0.625. The summed E-state index contributed by atoms with van der Waals surface area (Å²) in [5.74, 6) is 0.297. The number of piperidine rings is 1. The molecule has 25 heavy (non-hydrogen) atoms. The van der Waals surface area contributed by atoms with Gasteiger partial charge in [-0.15, -0.1) is 0 Å². The van der Waals surface area contributed by atoms with E-state index in [4.69, 9.17) is 0 Å². The summed E-state index contributed by atoms with van der Waals surface area (Å²) in [7, 11) is 0.107. The third-order valence-electron chi connectivity index (χ3n) is 4.30. The van der Waals surface area contributed by atoms with Gasteiger partial charge in [0.05, 0.1) is 9.82 Å². The highest BCUT2D eigenvalue weighted by molar-refractivity contribution is 7.89. The van der Waals surface area contributed by atoms with Gasteiger partial charge < -0.3 is 10.2 Å². The summed E-state index contributed by atoms with van der Waals surface area (Å²) >= 11 is 0. The van der Waals surface area contributed by atoms with E-state index >= 15 is 0 Å². The van der Waals surface area contributed by atoms with Gasteiger partial charge in [0.1, 0.15) is 5.69 Å². The molecule has 1 N–H and O–H groups in total. The Labute approximate surface area is 149 Å². The Kier molecular flexibility index (Phi) is 6.36. The van der Waals surface area contributed by atoms with Crippen LogP contribution in [-0.2, 0) is 10.0 Å². The molecular formula is C16H26N4O4S. The van der Waals surface area contributed by atoms with Crippen LogP contribution in [-0.4, -0.2) is 62.8 Å². The topological polar surface area (TPSA) is 95.8 Å². The van der Waals surface area contributed by atoms with Gasteiger partial charge in [0.15, 0.2) is 0 Å². The minimum Gasteiger partial charge on any atom is -0.378 e. The molecule has 1 aromatic carbocycles. The number of anilines is 1. The summed E-state index contributed by atoms with van der Waals surface area (Å²) in [5.41, 5.74) is 0.114. The van der Waals surface area contributed by atoms with Gasteiger partial charge in [0, 0.05) is 32.2 Å². The number of nitrogens with one attached hydrogen (secondary N) is 1. The van der Waals surface area contributed by atoms with E-state index in [1.165, 1.54) is 16.4 Å². The van der Waals surface area contributed by atoms with Crippen molar-refractivity contribution >= 4 is 21.4 Å². The lowest BCUT2D eigenvalue weighted by Gasteiger charge is -2.30. The number of nitro groups is 1. The van der Waals surface area contributed by atoms with Gasteiger partial charge in [-0.05, 0) is 45.0 Å². The SMILES string of the molecule is C[C@@H]1CCCN(S(=O)(=O)c2ccc(NCCN(C)C)c([N+](=O)[O-])c2)C1. The van der Waals surface area contributed by atoms with E-state index in [0.29, 0.717) is 37.8 Å². The second-order valence-corrected chi connectivity index (χ2v) is 8.71. The predicted octanol–water partition coefficient (Wildman–Crippen LogP) is 1.99. The van der Waals surface area contributed by atoms with Crippen molar-refractivity contribution in [3.8, 4) is 0 Å². The van der Waals surface area contributed by atoms with Crippen molar-refractivity contribution in [2.45, 2.75) is 24.7 Å². The highest BCUT2D eigenvalue weighted by atomic mass is 32.2. The van der Waals surface area contributed by atoms with E-state index in [0.717, 1.165) is 18.9 Å². The van der Waals surface area contributed by atoms with Crippen molar-refractivity contribution < 1.29 is 13.3 Å². The van der Waals surface area contributed by atoms with Crippen LogP contribution in [0.25, 0.3) is 0 Å². The van der Waals surface area contributed by atoms with Gasteiger partial charge in [-0.25, -0.2) is 8.42 Å². The summed E-state index contributed by atoms with van der Waals surface area (Å²) in [6, 6.07) is 4.08.